The predicted molar refractivity (Wildman–Crippen MR) is 154 cm³/mol. The molecule has 2 aliphatic rings. The number of carboxylic acids is 1. The Hall–Kier alpha value is -4.26. The zero-order valence-corrected chi connectivity index (χ0v) is 24.4. The molecule has 0 spiro atoms. The van der Waals surface area contributed by atoms with Crippen LogP contribution >= 0.6 is 0 Å². The van der Waals surface area contributed by atoms with Crippen LogP contribution in [-0.2, 0) is 19.2 Å². The molecule has 2 aromatic rings. The van der Waals surface area contributed by atoms with Gasteiger partial charge < -0.3 is 29.6 Å². The van der Waals surface area contributed by atoms with Gasteiger partial charge in [0.15, 0.2) is 5.82 Å². The van der Waals surface area contributed by atoms with E-state index in [1.54, 1.807) is 0 Å². The quantitative estimate of drug-likeness (QED) is 0.257. The first-order chi connectivity index (χ1) is 20.8. The maximum absolute atomic E-state index is 13.5. The smallest absolute Gasteiger partial charge is 0.481 e. The maximum atomic E-state index is 13.5. The van der Waals surface area contributed by atoms with E-state index in [9.17, 15) is 24.3 Å². The molecule has 2 N–H and O–H groups in total. The van der Waals surface area contributed by atoms with Gasteiger partial charge in [-0.1, -0.05) is 43.7 Å². The van der Waals surface area contributed by atoms with Crippen LogP contribution in [0.2, 0.25) is 0 Å². The number of aromatic nitrogens is 2. The standard InChI is InChI=1S/C30H39N5O8/c1-2-3-19-41-30(40)43-35-17-15-34(16-18-35)29(39)23(13-14-26(36)37)32-28(38)24-20-25(42-22-11-7-8-12-22)33-27(31-24)21-9-5-4-6-10-21/h4-6,9-10,20,22-23H,2-3,7-8,11-19H2,1H3,(H,32,38)(H,36,37)/t23-/m0/s1. The van der Waals surface area contributed by atoms with Crippen molar-refractivity contribution in [1.29, 1.82) is 0 Å². The number of amides is 2. The summed E-state index contributed by atoms with van der Waals surface area (Å²) < 4.78 is 11.1. The Morgan fingerprint density at radius 1 is 1.05 bits per heavy atom. The number of aliphatic carboxylic acids is 1. The van der Waals surface area contributed by atoms with Gasteiger partial charge >= 0.3 is 12.1 Å². The number of nitrogens with zero attached hydrogens (tertiary/aromatic N) is 4. The van der Waals surface area contributed by atoms with Gasteiger partial charge in [-0.2, -0.15) is 4.98 Å². The summed E-state index contributed by atoms with van der Waals surface area (Å²) in [7, 11) is 0. The highest BCUT2D eigenvalue weighted by atomic mass is 16.8. The van der Waals surface area contributed by atoms with Crippen LogP contribution < -0.4 is 10.1 Å². The molecule has 232 valence electrons. The summed E-state index contributed by atoms with van der Waals surface area (Å²) in [6, 6.07) is 9.53. The largest absolute Gasteiger partial charge is 0.527 e. The highest BCUT2D eigenvalue weighted by Gasteiger charge is 2.31. The normalized spacial score (nSPS) is 16.3. The van der Waals surface area contributed by atoms with Gasteiger partial charge in [0.2, 0.25) is 11.8 Å². The minimum atomic E-state index is -1.11. The molecule has 1 aromatic heterocycles. The third-order valence-electron chi connectivity index (χ3n) is 7.28. The minimum absolute atomic E-state index is 0.000158. The summed E-state index contributed by atoms with van der Waals surface area (Å²) in [4.78, 5) is 65.9. The first-order valence-electron chi connectivity index (χ1n) is 14.8. The second kappa shape index (κ2) is 15.8. The molecule has 1 aliphatic heterocycles. The Morgan fingerprint density at radius 3 is 2.44 bits per heavy atom. The van der Waals surface area contributed by atoms with Crippen LogP contribution in [0.25, 0.3) is 11.4 Å². The molecule has 43 heavy (non-hydrogen) atoms. The summed E-state index contributed by atoms with van der Waals surface area (Å²) in [5, 5.41) is 13.4. The molecule has 2 heterocycles. The Bertz CT molecular complexity index is 1250. The minimum Gasteiger partial charge on any atom is -0.481 e. The van der Waals surface area contributed by atoms with Crippen molar-refractivity contribution in [3.05, 3.63) is 42.1 Å². The Labute approximate surface area is 250 Å². The highest BCUT2D eigenvalue weighted by molar-refractivity contribution is 5.96. The number of carbonyl (C=O) groups is 4. The molecule has 13 nitrogen and oxygen atoms in total. The Morgan fingerprint density at radius 2 is 1.77 bits per heavy atom. The average molecular weight is 598 g/mol. The monoisotopic (exact) mass is 597 g/mol. The van der Waals surface area contributed by atoms with Crippen LogP contribution in [-0.4, -0.2) is 93.9 Å². The summed E-state index contributed by atoms with van der Waals surface area (Å²) in [6.07, 6.45) is 4.31. The van der Waals surface area contributed by atoms with Crippen LogP contribution in [0.3, 0.4) is 0 Å². The van der Waals surface area contributed by atoms with Gasteiger partial charge in [-0.3, -0.25) is 14.4 Å². The van der Waals surface area contributed by atoms with Gasteiger partial charge in [-0.05, 0) is 38.5 Å². The van der Waals surface area contributed by atoms with E-state index in [1.165, 1.54) is 16.0 Å². The van der Waals surface area contributed by atoms with Crippen molar-refractivity contribution in [2.45, 2.75) is 70.4 Å². The van der Waals surface area contributed by atoms with E-state index in [0.717, 1.165) is 38.5 Å². The van der Waals surface area contributed by atoms with E-state index in [4.69, 9.17) is 14.3 Å². The van der Waals surface area contributed by atoms with Crippen LogP contribution in [0, 0.1) is 0 Å². The van der Waals surface area contributed by atoms with Gasteiger partial charge in [0.05, 0.1) is 19.7 Å². The average Bonchev–Trinajstić information content (AvgIpc) is 3.52. The van der Waals surface area contributed by atoms with Crippen molar-refractivity contribution >= 4 is 23.9 Å². The zero-order chi connectivity index (χ0) is 30.6. The van der Waals surface area contributed by atoms with Gasteiger partial charge in [0.1, 0.15) is 17.8 Å². The second-order valence-corrected chi connectivity index (χ2v) is 10.6. The number of piperazine rings is 1. The molecule has 4 rings (SSSR count). The van der Waals surface area contributed by atoms with Crippen LogP contribution in [0.5, 0.6) is 5.88 Å². The fourth-order valence-corrected chi connectivity index (χ4v) is 4.90. The lowest BCUT2D eigenvalue weighted by atomic mass is 10.1. The lowest BCUT2D eigenvalue weighted by Gasteiger charge is -2.35. The first-order valence-corrected chi connectivity index (χ1v) is 14.8. The van der Waals surface area contributed by atoms with Crippen molar-refractivity contribution in [3.8, 4) is 17.3 Å². The van der Waals surface area contributed by atoms with Crippen LogP contribution in [0.15, 0.2) is 36.4 Å². The Kier molecular flexibility index (Phi) is 11.7. The molecule has 1 saturated carbocycles. The van der Waals surface area contributed by atoms with Gasteiger partial charge in [0.25, 0.3) is 5.91 Å². The predicted octanol–water partition coefficient (Wildman–Crippen LogP) is 3.44. The number of rotatable bonds is 13. The molecular formula is C30H39N5O8. The van der Waals surface area contributed by atoms with Gasteiger partial charge in [0, 0.05) is 31.1 Å². The van der Waals surface area contributed by atoms with E-state index in [0.29, 0.717) is 11.4 Å². The molecule has 1 saturated heterocycles. The van der Waals surface area contributed by atoms with Gasteiger partial charge in [-0.15, -0.1) is 5.06 Å². The molecular weight excluding hydrogens is 558 g/mol. The van der Waals surface area contributed by atoms with Crippen molar-refractivity contribution in [3.63, 3.8) is 0 Å². The fraction of sp³-hybridized carbons (Fsp3) is 0.533. The number of nitrogens with one attached hydrogen (secondary N) is 1. The zero-order valence-electron chi connectivity index (χ0n) is 24.4. The van der Waals surface area contributed by atoms with E-state index < -0.39 is 30.0 Å². The van der Waals surface area contributed by atoms with Crippen molar-refractivity contribution < 1.29 is 38.6 Å². The molecule has 1 aromatic carbocycles. The number of carbonyl (C=O) groups excluding carboxylic acids is 3. The van der Waals surface area contributed by atoms with E-state index in [2.05, 4.69) is 15.3 Å². The summed E-state index contributed by atoms with van der Waals surface area (Å²) >= 11 is 0. The molecule has 2 amide bonds. The summed E-state index contributed by atoms with van der Waals surface area (Å²) in [5.41, 5.74) is 0.705. The molecule has 0 radical (unpaired) electrons. The number of unbranched alkanes of at least 4 members (excludes halogenated alkanes) is 1. The summed E-state index contributed by atoms with van der Waals surface area (Å²) in [5.74, 6) is -1.59. The highest BCUT2D eigenvalue weighted by Crippen LogP contribution is 2.25. The molecule has 1 atom stereocenters. The maximum Gasteiger partial charge on any atom is 0.527 e. The van der Waals surface area contributed by atoms with Crippen molar-refractivity contribution in [2.24, 2.45) is 0 Å². The SMILES string of the molecule is CCCCOC(=O)ON1CCN(C(=O)[C@H](CCC(=O)O)NC(=O)c2cc(OC3CCCC3)nc(-c3ccccc3)n2)CC1. The topological polar surface area (TPSA) is 160 Å². The van der Waals surface area contributed by atoms with Crippen molar-refractivity contribution in [1.82, 2.24) is 25.2 Å². The summed E-state index contributed by atoms with van der Waals surface area (Å²) in [6.45, 7) is 3.16. The fourth-order valence-electron chi connectivity index (χ4n) is 4.90. The van der Waals surface area contributed by atoms with Crippen molar-refractivity contribution in [2.75, 3.05) is 32.8 Å². The number of benzene rings is 1. The third kappa shape index (κ3) is 9.63. The number of hydrogen-bond donors (Lipinski definition) is 2. The number of hydroxylamine groups is 2. The molecule has 1 aliphatic carbocycles. The molecule has 0 bridgehead atoms. The first kappa shape index (κ1) is 31.7. The number of carboxylic acid groups (broad SMARTS) is 1. The van der Waals surface area contributed by atoms with Crippen LogP contribution in [0.1, 0.15) is 68.8 Å². The van der Waals surface area contributed by atoms with Gasteiger partial charge in [-0.25, -0.2) is 9.78 Å². The van der Waals surface area contributed by atoms with E-state index in [1.807, 2.05) is 37.3 Å². The van der Waals surface area contributed by atoms with E-state index in [-0.39, 0.29) is 63.3 Å². The number of hydrogen-bond acceptors (Lipinski definition) is 10. The second-order valence-electron chi connectivity index (χ2n) is 10.6. The molecule has 2 fully saturated rings. The molecule has 13 heteroatoms. The Balaban J connectivity index is 1.44. The third-order valence-corrected chi connectivity index (χ3v) is 7.28. The van der Waals surface area contributed by atoms with Crippen LogP contribution in [0.4, 0.5) is 4.79 Å². The lowest BCUT2D eigenvalue weighted by Crippen LogP contribution is -2.55. The number of ether oxygens (including phenoxy) is 2. The molecule has 0 unspecified atom stereocenters. The van der Waals surface area contributed by atoms with E-state index >= 15 is 0 Å². The lowest BCUT2D eigenvalue weighted by molar-refractivity contribution is -0.158.